The monoisotopic (exact) mass is 258 g/mol. The summed E-state index contributed by atoms with van der Waals surface area (Å²) in [6.07, 6.45) is 5.36. The van der Waals surface area contributed by atoms with Crippen LogP contribution < -0.4 is 5.32 Å². The van der Waals surface area contributed by atoms with Crippen LogP contribution in [-0.4, -0.2) is 23.0 Å². The van der Waals surface area contributed by atoms with Crippen LogP contribution in [0.4, 0.5) is 0 Å². The van der Waals surface area contributed by atoms with Crippen LogP contribution in [0, 0.1) is 0 Å². The second-order valence-electron chi connectivity index (χ2n) is 4.25. The normalized spacial score (nSPS) is 13.3. The van der Waals surface area contributed by atoms with Gasteiger partial charge in [-0.25, -0.2) is 4.98 Å². The second kappa shape index (κ2) is 7.30. The van der Waals surface area contributed by atoms with E-state index >= 15 is 0 Å². The lowest BCUT2D eigenvalue weighted by atomic mass is 10.2. The predicted octanol–water partition coefficient (Wildman–Crippen LogP) is 3.50. The van der Waals surface area contributed by atoms with Crippen molar-refractivity contribution in [1.29, 1.82) is 0 Å². The van der Waals surface area contributed by atoms with Gasteiger partial charge < -0.3 is 5.32 Å². The van der Waals surface area contributed by atoms with E-state index in [0.29, 0.717) is 12.0 Å². The molecule has 2 nitrogen and oxygen atoms in total. The van der Waals surface area contributed by atoms with Gasteiger partial charge in [0, 0.05) is 29.4 Å². The summed E-state index contributed by atoms with van der Waals surface area (Å²) in [6.45, 7) is 7.58. The van der Waals surface area contributed by atoms with Gasteiger partial charge in [-0.3, -0.25) is 0 Å². The SMILES string of the molecule is CCC(CSC)NCc1ncc(C(C)C)s1. The van der Waals surface area contributed by atoms with Crippen molar-refractivity contribution >= 4 is 23.1 Å². The van der Waals surface area contributed by atoms with Crippen molar-refractivity contribution in [3.8, 4) is 0 Å². The van der Waals surface area contributed by atoms with Crippen LogP contribution in [0.2, 0.25) is 0 Å². The molecule has 0 aliphatic carbocycles. The van der Waals surface area contributed by atoms with E-state index in [1.165, 1.54) is 22.1 Å². The van der Waals surface area contributed by atoms with E-state index in [0.717, 1.165) is 6.54 Å². The van der Waals surface area contributed by atoms with E-state index < -0.39 is 0 Å². The van der Waals surface area contributed by atoms with Crippen LogP contribution in [-0.2, 0) is 6.54 Å². The number of nitrogens with zero attached hydrogens (tertiary/aromatic N) is 1. The van der Waals surface area contributed by atoms with Crippen molar-refractivity contribution in [3.63, 3.8) is 0 Å². The van der Waals surface area contributed by atoms with Gasteiger partial charge in [-0.2, -0.15) is 11.8 Å². The third-order valence-electron chi connectivity index (χ3n) is 2.54. The first kappa shape index (κ1) is 14.0. The first-order valence-corrected chi connectivity index (χ1v) is 8.05. The number of thiazole rings is 1. The van der Waals surface area contributed by atoms with Crippen molar-refractivity contribution in [1.82, 2.24) is 10.3 Å². The Morgan fingerprint density at radius 2 is 2.25 bits per heavy atom. The van der Waals surface area contributed by atoms with Crippen molar-refractivity contribution in [3.05, 3.63) is 16.1 Å². The summed E-state index contributed by atoms with van der Waals surface area (Å²) in [4.78, 5) is 5.84. The molecule has 0 saturated carbocycles. The Bertz CT molecular complexity index is 297. The van der Waals surface area contributed by atoms with Crippen molar-refractivity contribution in [2.45, 2.75) is 45.7 Å². The number of rotatable bonds is 7. The molecule has 1 rings (SSSR count). The van der Waals surface area contributed by atoms with Crippen LogP contribution in [0.3, 0.4) is 0 Å². The highest BCUT2D eigenvalue weighted by Gasteiger charge is 2.08. The highest BCUT2D eigenvalue weighted by Crippen LogP contribution is 2.21. The molecule has 0 aliphatic rings. The van der Waals surface area contributed by atoms with Gasteiger partial charge >= 0.3 is 0 Å². The number of hydrogen-bond donors (Lipinski definition) is 1. The van der Waals surface area contributed by atoms with Gasteiger partial charge in [0.15, 0.2) is 0 Å². The highest BCUT2D eigenvalue weighted by atomic mass is 32.2. The van der Waals surface area contributed by atoms with Crippen molar-refractivity contribution < 1.29 is 0 Å². The summed E-state index contributed by atoms with van der Waals surface area (Å²) in [5, 5.41) is 4.78. The average Bonchev–Trinajstić information content (AvgIpc) is 2.73. The van der Waals surface area contributed by atoms with E-state index in [-0.39, 0.29) is 0 Å². The maximum Gasteiger partial charge on any atom is 0.107 e. The topological polar surface area (TPSA) is 24.9 Å². The fourth-order valence-corrected chi connectivity index (χ4v) is 3.06. The standard InChI is InChI=1S/C12H22N2S2/c1-5-10(8-15-4)13-7-12-14-6-11(16-12)9(2)3/h6,9-10,13H,5,7-8H2,1-4H3. The zero-order valence-electron chi connectivity index (χ0n) is 10.6. The van der Waals surface area contributed by atoms with E-state index in [1.807, 2.05) is 29.3 Å². The molecule has 1 aromatic heterocycles. The van der Waals surface area contributed by atoms with Gasteiger partial charge in [-0.05, 0) is 18.6 Å². The summed E-state index contributed by atoms with van der Waals surface area (Å²) in [6, 6.07) is 0.612. The molecule has 0 bridgehead atoms. The van der Waals surface area contributed by atoms with Gasteiger partial charge in [-0.1, -0.05) is 20.8 Å². The summed E-state index contributed by atoms with van der Waals surface area (Å²) in [5.74, 6) is 1.78. The number of aromatic nitrogens is 1. The molecule has 1 heterocycles. The Morgan fingerprint density at radius 3 is 2.75 bits per heavy atom. The molecule has 1 N–H and O–H groups in total. The summed E-state index contributed by atoms with van der Waals surface area (Å²) >= 11 is 3.73. The molecule has 16 heavy (non-hydrogen) atoms. The molecule has 0 fully saturated rings. The fraction of sp³-hybridized carbons (Fsp3) is 0.750. The molecular formula is C12H22N2S2. The molecule has 0 aliphatic heterocycles. The minimum absolute atomic E-state index is 0.597. The zero-order valence-corrected chi connectivity index (χ0v) is 12.3. The molecule has 0 amide bonds. The van der Waals surface area contributed by atoms with E-state index in [9.17, 15) is 0 Å². The zero-order chi connectivity index (χ0) is 12.0. The van der Waals surface area contributed by atoms with Crippen LogP contribution in [0.15, 0.2) is 6.20 Å². The third kappa shape index (κ3) is 4.44. The first-order chi connectivity index (χ1) is 7.67. The smallest absolute Gasteiger partial charge is 0.107 e. The Labute approximate surface area is 107 Å². The van der Waals surface area contributed by atoms with Crippen LogP contribution >= 0.6 is 23.1 Å². The maximum absolute atomic E-state index is 4.45. The lowest BCUT2D eigenvalue weighted by molar-refractivity contribution is 0.540. The van der Waals surface area contributed by atoms with Gasteiger partial charge in [0.1, 0.15) is 5.01 Å². The molecule has 0 aromatic carbocycles. The van der Waals surface area contributed by atoms with Gasteiger partial charge in [0.25, 0.3) is 0 Å². The number of thioether (sulfide) groups is 1. The molecule has 4 heteroatoms. The Kier molecular flexibility index (Phi) is 6.39. The highest BCUT2D eigenvalue weighted by molar-refractivity contribution is 7.98. The third-order valence-corrected chi connectivity index (χ3v) is 4.58. The minimum Gasteiger partial charge on any atom is -0.307 e. The molecule has 1 aromatic rings. The average molecular weight is 258 g/mol. The quantitative estimate of drug-likeness (QED) is 0.810. The Hall–Kier alpha value is -0.0600. The van der Waals surface area contributed by atoms with Gasteiger partial charge in [0.05, 0.1) is 0 Å². The predicted molar refractivity (Wildman–Crippen MR) is 75.5 cm³/mol. The number of hydrogen-bond acceptors (Lipinski definition) is 4. The van der Waals surface area contributed by atoms with E-state index in [4.69, 9.17) is 0 Å². The fourth-order valence-electron chi connectivity index (χ4n) is 1.43. The van der Waals surface area contributed by atoms with Crippen LogP contribution in [0.25, 0.3) is 0 Å². The van der Waals surface area contributed by atoms with E-state index in [1.54, 1.807) is 0 Å². The molecule has 0 saturated heterocycles. The summed E-state index contributed by atoms with van der Waals surface area (Å²) in [7, 11) is 0. The molecule has 1 unspecified atom stereocenters. The molecular weight excluding hydrogens is 236 g/mol. The second-order valence-corrected chi connectivity index (χ2v) is 6.31. The Balaban J connectivity index is 2.41. The largest absolute Gasteiger partial charge is 0.307 e. The molecule has 0 radical (unpaired) electrons. The van der Waals surface area contributed by atoms with Crippen LogP contribution in [0.5, 0.6) is 0 Å². The molecule has 92 valence electrons. The number of nitrogens with one attached hydrogen (secondary N) is 1. The van der Waals surface area contributed by atoms with E-state index in [2.05, 4.69) is 37.3 Å². The lowest BCUT2D eigenvalue weighted by Gasteiger charge is -2.14. The first-order valence-electron chi connectivity index (χ1n) is 5.84. The molecule has 0 spiro atoms. The Morgan fingerprint density at radius 1 is 1.50 bits per heavy atom. The molecule has 1 atom stereocenters. The van der Waals surface area contributed by atoms with Gasteiger partial charge in [-0.15, -0.1) is 11.3 Å². The maximum atomic E-state index is 4.45. The van der Waals surface area contributed by atoms with Crippen molar-refractivity contribution in [2.75, 3.05) is 12.0 Å². The van der Waals surface area contributed by atoms with Crippen LogP contribution in [0.1, 0.15) is 43.0 Å². The van der Waals surface area contributed by atoms with Gasteiger partial charge in [0.2, 0.25) is 0 Å². The minimum atomic E-state index is 0.597. The summed E-state index contributed by atoms with van der Waals surface area (Å²) in [5.41, 5.74) is 0. The lowest BCUT2D eigenvalue weighted by Crippen LogP contribution is -2.29. The van der Waals surface area contributed by atoms with Crippen molar-refractivity contribution in [2.24, 2.45) is 0 Å². The summed E-state index contributed by atoms with van der Waals surface area (Å²) < 4.78 is 0.